The molecule has 0 atom stereocenters. The Morgan fingerprint density at radius 2 is 1.95 bits per heavy atom. The number of sulfonamides is 1. The molecule has 1 heterocycles. The van der Waals surface area contributed by atoms with E-state index in [1.807, 2.05) is 6.92 Å². The van der Waals surface area contributed by atoms with Crippen LogP contribution in [-0.4, -0.2) is 46.7 Å². The van der Waals surface area contributed by atoms with Crippen LogP contribution in [0.2, 0.25) is 0 Å². The second-order valence-corrected chi connectivity index (χ2v) is 6.74. The van der Waals surface area contributed by atoms with Gasteiger partial charge in [-0.1, -0.05) is 13.8 Å². The Bertz CT molecular complexity index is 607. The molecule has 0 saturated heterocycles. The van der Waals surface area contributed by atoms with Crippen molar-refractivity contribution in [3.63, 3.8) is 0 Å². The number of carbonyl (C=O) groups is 1. The third-order valence-corrected chi connectivity index (χ3v) is 5.50. The maximum Gasteiger partial charge on any atom is 0.305 e. The van der Waals surface area contributed by atoms with Crippen molar-refractivity contribution in [1.29, 1.82) is 0 Å². The van der Waals surface area contributed by atoms with E-state index in [0.29, 0.717) is 24.5 Å². The van der Waals surface area contributed by atoms with Gasteiger partial charge in [-0.25, -0.2) is 8.42 Å². The first kappa shape index (κ1) is 17.6. The van der Waals surface area contributed by atoms with Crippen molar-refractivity contribution in [3.05, 3.63) is 11.4 Å². The lowest BCUT2D eigenvalue weighted by atomic mass is 10.4. The Kier molecular flexibility index (Phi) is 5.91. The summed E-state index contributed by atoms with van der Waals surface area (Å²) in [6, 6.07) is 0. The molecule has 7 nitrogen and oxygen atoms in total. The Morgan fingerprint density at radius 1 is 1.33 bits per heavy atom. The van der Waals surface area contributed by atoms with Gasteiger partial charge in [0.1, 0.15) is 4.90 Å². The van der Waals surface area contributed by atoms with Crippen LogP contribution in [0.3, 0.4) is 0 Å². The molecule has 0 aliphatic heterocycles. The van der Waals surface area contributed by atoms with Gasteiger partial charge in [0, 0.05) is 13.1 Å². The molecule has 21 heavy (non-hydrogen) atoms. The van der Waals surface area contributed by atoms with Crippen LogP contribution in [-0.2, 0) is 21.4 Å². The number of nitrogens with zero attached hydrogens (tertiary/aromatic N) is 3. The van der Waals surface area contributed by atoms with Crippen molar-refractivity contribution >= 4 is 16.0 Å². The van der Waals surface area contributed by atoms with E-state index in [0.717, 1.165) is 6.42 Å². The van der Waals surface area contributed by atoms with E-state index in [1.54, 1.807) is 20.8 Å². The highest BCUT2D eigenvalue weighted by Gasteiger charge is 2.29. The number of hydrogen-bond donors (Lipinski definition) is 1. The second-order valence-electron chi connectivity index (χ2n) is 4.86. The smallest absolute Gasteiger partial charge is 0.305 e. The Labute approximate surface area is 125 Å². The molecule has 0 unspecified atom stereocenters. The van der Waals surface area contributed by atoms with Crippen molar-refractivity contribution in [3.8, 4) is 0 Å². The maximum atomic E-state index is 12.7. The number of aliphatic carboxylic acids is 1. The van der Waals surface area contributed by atoms with Crippen LogP contribution in [0.4, 0.5) is 0 Å². The molecule has 0 fully saturated rings. The maximum absolute atomic E-state index is 12.7. The van der Waals surface area contributed by atoms with E-state index in [2.05, 4.69) is 5.10 Å². The van der Waals surface area contributed by atoms with Gasteiger partial charge < -0.3 is 5.11 Å². The summed E-state index contributed by atoms with van der Waals surface area (Å²) in [5.74, 6) is -0.937. The summed E-state index contributed by atoms with van der Waals surface area (Å²) in [5.41, 5.74) is 0.899. The van der Waals surface area contributed by atoms with Crippen molar-refractivity contribution in [2.75, 3.05) is 13.1 Å². The van der Waals surface area contributed by atoms with E-state index in [4.69, 9.17) is 5.11 Å². The molecule has 8 heteroatoms. The van der Waals surface area contributed by atoms with Gasteiger partial charge in [-0.05, 0) is 20.3 Å². The van der Waals surface area contributed by atoms with E-state index in [9.17, 15) is 13.2 Å². The van der Waals surface area contributed by atoms with Crippen molar-refractivity contribution < 1.29 is 18.3 Å². The fourth-order valence-electron chi connectivity index (χ4n) is 2.30. The lowest BCUT2D eigenvalue weighted by Gasteiger charge is -2.19. The summed E-state index contributed by atoms with van der Waals surface area (Å²) in [4.78, 5) is 10.8. The largest absolute Gasteiger partial charge is 0.481 e. The van der Waals surface area contributed by atoms with Crippen LogP contribution in [0.1, 0.15) is 38.1 Å². The fraction of sp³-hybridized carbons (Fsp3) is 0.692. The van der Waals surface area contributed by atoms with E-state index in [-0.39, 0.29) is 17.9 Å². The minimum absolute atomic E-state index is 0.0894. The highest BCUT2D eigenvalue weighted by atomic mass is 32.2. The number of carboxylic acids is 1. The minimum atomic E-state index is -3.59. The van der Waals surface area contributed by atoms with Crippen LogP contribution in [0.15, 0.2) is 4.90 Å². The molecule has 0 bridgehead atoms. The van der Waals surface area contributed by atoms with Crippen molar-refractivity contribution in [1.82, 2.24) is 14.1 Å². The van der Waals surface area contributed by atoms with Crippen LogP contribution >= 0.6 is 0 Å². The summed E-state index contributed by atoms with van der Waals surface area (Å²) >= 11 is 0. The summed E-state index contributed by atoms with van der Waals surface area (Å²) in [6.07, 6.45) is 0.645. The zero-order chi connectivity index (χ0) is 16.2. The summed E-state index contributed by atoms with van der Waals surface area (Å²) in [6.45, 7) is 8.04. The highest BCUT2D eigenvalue weighted by Crippen LogP contribution is 2.23. The summed E-state index contributed by atoms with van der Waals surface area (Å²) in [7, 11) is -3.59. The third kappa shape index (κ3) is 3.82. The SMILES string of the molecule is CCCN(CC)S(=O)(=O)c1c(C)nn(CCC(=O)O)c1C. The molecule has 0 aliphatic rings. The Balaban J connectivity index is 3.21. The first-order valence-electron chi connectivity index (χ1n) is 7.01. The molecule has 0 aliphatic carbocycles. The molecular formula is C13H23N3O4S. The highest BCUT2D eigenvalue weighted by molar-refractivity contribution is 7.89. The van der Waals surface area contributed by atoms with Gasteiger partial charge in [-0.2, -0.15) is 9.40 Å². The topological polar surface area (TPSA) is 92.5 Å². The summed E-state index contributed by atoms with van der Waals surface area (Å²) < 4.78 is 28.3. The van der Waals surface area contributed by atoms with Crippen LogP contribution in [0, 0.1) is 13.8 Å². The average Bonchev–Trinajstić information content (AvgIpc) is 2.68. The fourth-order valence-corrected chi connectivity index (χ4v) is 4.21. The molecule has 1 rings (SSSR count). The molecule has 1 aromatic rings. The minimum Gasteiger partial charge on any atom is -0.481 e. The zero-order valence-corrected chi connectivity index (χ0v) is 13.8. The van der Waals surface area contributed by atoms with Gasteiger partial charge in [0.05, 0.1) is 24.4 Å². The quantitative estimate of drug-likeness (QED) is 0.782. The lowest BCUT2D eigenvalue weighted by Crippen LogP contribution is -2.32. The van der Waals surface area contributed by atoms with Crippen LogP contribution in [0.5, 0.6) is 0 Å². The Hall–Kier alpha value is -1.41. The number of hydrogen-bond acceptors (Lipinski definition) is 4. The van der Waals surface area contributed by atoms with E-state index >= 15 is 0 Å². The third-order valence-electron chi connectivity index (χ3n) is 3.28. The molecule has 0 spiro atoms. The average molecular weight is 317 g/mol. The van der Waals surface area contributed by atoms with Gasteiger partial charge in [-0.3, -0.25) is 9.48 Å². The van der Waals surface area contributed by atoms with Gasteiger partial charge in [0.15, 0.2) is 0 Å². The normalized spacial score (nSPS) is 12.0. The van der Waals surface area contributed by atoms with Gasteiger partial charge >= 0.3 is 5.97 Å². The Morgan fingerprint density at radius 3 is 2.43 bits per heavy atom. The number of carboxylic acid groups (broad SMARTS) is 1. The molecule has 1 aromatic heterocycles. The molecule has 0 radical (unpaired) electrons. The number of aromatic nitrogens is 2. The van der Waals surface area contributed by atoms with Gasteiger partial charge in [0.25, 0.3) is 0 Å². The number of aryl methyl sites for hydroxylation is 2. The van der Waals surface area contributed by atoms with Crippen LogP contribution < -0.4 is 0 Å². The standard InChI is InChI=1S/C13H23N3O4S/c1-5-8-15(6-2)21(19,20)13-10(3)14-16(11(13)4)9-7-12(17)18/h5-9H2,1-4H3,(H,17,18). The molecule has 0 aromatic carbocycles. The monoisotopic (exact) mass is 317 g/mol. The second kappa shape index (κ2) is 7.04. The van der Waals surface area contributed by atoms with Gasteiger partial charge in [-0.15, -0.1) is 0 Å². The number of rotatable bonds is 8. The summed E-state index contributed by atoms with van der Waals surface area (Å²) in [5, 5.41) is 12.9. The van der Waals surface area contributed by atoms with Gasteiger partial charge in [0.2, 0.25) is 10.0 Å². The molecular weight excluding hydrogens is 294 g/mol. The van der Waals surface area contributed by atoms with Crippen LogP contribution in [0.25, 0.3) is 0 Å². The molecule has 1 N–H and O–H groups in total. The van der Waals surface area contributed by atoms with Crippen molar-refractivity contribution in [2.45, 2.75) is 52.0 Å². The lowest BCUT2D eigenvalue weighted by molar-refractivity contribution is -0.137. The zero-order valence-electron chi connectivity index (χ0n) is 13.0. The first-order valence-corrected chi connectivity index (χ1v) is 8.45. The first-order chi connectivity index (χ1) is 9.75. The van der Waals surface area contributed by atoms with E-state index < -0.39 is 16.0 Å². The van der Waals surface area contributed by atoms with E-state index in [1.165, 1.54) is 8.99 Å². The molecule has 0 amide bonds. The predicted molar refractivity (Wildman–Crippen MR) is 78.7 cm³/mol. The van der Waals surface area contributed by atoms with Crippen molar-refractivity contribution in [2.24, 2.45) is 0 Å². The molecule has 0 saturated carbocycles. The predicted octanol–water partition coefficient (Wildman–Crippen LogP) is 1.40. The molecule has 120 valence electrons.